The molecule has 0 aliphatic heterocycles. The van der Waals surface area contributed by atoms with Crippen LogP contribution in [0, 0.1) is 11.8 Å². The predicted octanol–water partition coefficient (Wildman–Crippen LogP) is 3.13. The molecule has 0 saturated heterocycles. The maximum absolute atomic E-state index is 4.70. The average Bonchev–Trinajstić information content (AvgIpc) is 2.90. The Morgan fingerprint density at radius 3 is 2.83 bits per heavy atom. The summed E-state index contributed by atoms with van der Waals surface area (Å²) in [6, 6.07) is 2.84. The van der Waals surface area contributed by atoms with E-state index >= 15 is 0 Å². The van der Waals surface area contributed by atoms with Gasteiger partial charge in [-0.25, -0.2) is 0 Å². The molecule has 1 aromatic heterocycles. The molecular formula is C15H25N3. The third-order valence-corrected chi connectivity index (χ3v) is 4.56. The highest BCUT2D eigenvalue weighted by Gasteiger charge is 2.27. The lowest BCUT2D eigenvalue weighted by atomic mass is 10.1. The van der Waals surface area contributed by atoms with Gasteiger partial charge in [-0.1, -0.05) is 19.8 Å². The molecule has 2 saturated carbocycles. The van der Waals surface area contributed by atoms with E-state index in [9.17, 15) is 0 Å². The molecule has 2 aliphatic rings. The van der Waals surface area contributed by atoms with Crippen molar-refractivity contribution < 1.29 is 0 Å². The fourth-order valence-corrected chi connectivity index (χ4v) is 3.10. The van der Waals surface area contributed by atoms with Crippen LogP contribution in [0.25, 0.3) is 0 Å². The summed E-state index contributed by atoms with van der Waals surface area (Å²) in [5.41, 5.74) is 1.20. The highest BCUT2D eigenvalue weighted by atomic mass is 15.3. The molecule has 0 aromatic carbocycles. The van der Waals surface area contributed by atoms with Crippen LogP contribution in [0.2, 0.25) is 0 Å². The molecule has 3 heteroatoms. The first-order valence-corrected chi connectivity index (χ1v) is 7.57. The lowest BCUT2D eigenvalue weighted by Crippen LogP contribution is -2.22. The normalized spacial score (nSPS) is 22.5. The van der Waals surface area contributed by atoms with Gasteiger partial charge in [0.1, 0.15) is 0 Å². The van der Waals surface area contributed by atoms with E-state index in [2.05, 4.69) is 29.2 Å². The summed E-state index contributed by atoms with van der Waals surface area (Å²) >= 11 is 0. The van der Waals surface area contributed by atoms with E-state index in [0.29, 0.717) is 6.04 Å². The smallest absolute Gasteiger partial charge is 0.0762 e. The van der Waals surface area contributed by atoms with Crippen LogP contribution in [0.15, 0.2) is 12.3 Å². The largest absolute Gasteiger partial charge is 0.311 e. The first kappa shape index (κ1) is 12.2. The SMILES string of the molecule is CC(CNCc1ccn(C2CCCC2)n1)C1CC1. The highest BCUT2D eigenvalue weighted by Crippen LogP contribution is 2.36. The van der Waals surface area contributed by atoms with Gasteiger partial charge in [-0.3, -0.25) is 4.68 Å². The van der Waals surface area contributed by atoms with Crippen molar-refractivity contribution in [1.29, 1.82) is 0 Å². The topological polar surface area (TPSA) is 29.9 Å². The molecule has 3 rings (SSSR count). The zero-order chi connectivity index (χ0) is 12.4. The van der Waals surface area contributed by atoms with Gasteiger partial charge in [-0.15, -0.1) is 0 Å². The molecule has 1 heterocycles. The van der Waals surface area contributed by atoms with Crippen LogP contribution in [0.4, 0.5) is 0 Å². The van der Waals surface area contributed by atoms with Crippen molar-refractivity contribution in [1.82, 2.24) is 15.1 Å². The second-order valence-electron chi connectivity index (χ2n) is 6.17. The maximum Gasteiger partial charge on any atom is 0.0762 e. The minimum Gasteiger partial charge on any atom is -0.311 e. The molecule has 100 valence electrons. The van der Waals surface area contributed by atoms with Gasteiger partial charge < -0.3 is 5.32 Å². The summed E-state index contributed by atoms with van der Waals surface area (Å²) in [6.07, 6.45) is 10.4. The van der Waals surface area contributed by atoms with Gasteiger partial charge in [0, 0.05) is 12.7 Å². The lowest BCUT2D eigenvalue weighted by Gasteiger charge is -2.11. The zero-order valence-corrected chi connectivity index (χ0v) is 11.4. The molecule has 1 atom stereocenters. The number of aromatic nitrogens is 2. The number of hydrogen-bond acceptors (Lipinski definition) is 2. The van der Waals surface area contributed by atoms with E-state index in [1.54, 1.807) is 0 Å². The Bertz CT molecular complexity index is 375. The summed E-state index contributed by atoms with van der Waals surface area (Å²) in [4.78, 5) is 0. The van der Waals surface area contributed by atoms with E-state index in [-0.39, 0.29) is 0 Å². The van der Waals surface area contributed by atoms with Gasteiger partial charge in [0.25, 0.3) is 0 Å². The molecule has 0 spiro atoms. The quantitative estimate of drug-likeness (QED) is 0.837. The second kappa shape index (κ2) is 5.43. The van der Waals surface area contributed by atoms with Crippen LogP contribution in [0.3, 0.4) is 0 Å². The van der Waals surface area contributed by atoms with Gasteiger partial charge in [-0.05, 0) is 50.1 Å². The van der Waals surface area contributed by atoms with Crippen LogP contribution in [-0.4, -0.2) is 16.3 Å². The molecule has 1 unspecified atom stereocenters. The maximum atomic E-state index is 4.70. The first-order chi connectivity index (χ1) is 8.83. The van der Waals surface area contributed by atoms with Crippen LogP contribution in [0.5, 0.6) is 0 Å². The van der Waals surface area contributed by atoms with Crippen LogP contribution >= 0.6 is 0 Å². The third-order valence-electron chi connectivity index (χ3n) is 4.56. The van der Waals surface area contributed by atoms with Crippen LogP contribution in [-0.2, 0) is 6.54 Å². The van der Waals surface area contributed by atoms with Gasteiger partial charge in [0.2, 0.25) is 0 Å². The molecule has 0 bridgehead atoms. The zero-order valence-electron chi connectivity index (χ0n) is 11.4. The average molecular weight is 247 g/mol. The summed E-state index contributed by atoms with van der Waals surface area (Å²) in [6.45, 7) is 4.43. The fraction of sp³-hybridized carbons (Fsp3) is 0.800. The molecule has 1 N–H and O–H groups in total. The Labute approximate surface area is 110 Å². The lowest BCUT2D eigenvalue weighted by molar-refractivity contribution is 0.446. The molecule has 1 aromatic rings. The van der Waals surface area contributed by atoms with E-state index in [1.165, 1.54) is 44.2 Å². The minimum absolute atomic E-state index is 0.670. The van der Waals surface area contributed by atoms with Gasteiger partial charge >= 0.3 is 0 Å². The molecule has 2 aliphatic carbocycles. The molecule has 18 heavy (non-hydrogen) atoms. The van der Waals surface area contributed by atoms with Crippen LogP contribution < -0.4 is 5.32 Å². The van der Waals surface area contributed by atoms with E-state index in [1.807, 2.05) is 0 Å². The fourth-order valence-electron chi connectivity index (χ4n) is 3.10. The summed E-state index contributed by atoms with van der Waals surface area (Å²) in [5, 5.41) is 8.25. The monoisotopic (exact) mass is 247 g/mol. The van der Waals surface area contributed by atoms with Crippen molar-refractivity contribution in [3.05, 3.63) is 18.0 Å². The van der Waals surface area contributed by atoms with Gasteiger partial charge in [0.15, 0.2) is 0 Å². The van der Waals surface area contributed by atoms with Crippen LogP contribution in [0.1, 0.15) is 57.2 Å². The number of nitrogens with one attached hydrogen (secondary N) is 1. The van der Waals surface area contributed by atoms with E-state index in [0.717, 1.165) is 24.9 Å². The van der Waals surface area contributed by atoms with Gasteiger partial charge in [0.05, 0.1) is 11.7 Å². The van der Waals surface area contributed by atoms with E-state index in [4.69, 9.17) is 5.10 Å². The summed E-state index contributed by atoms with van der Waals surface area (Å²) in [7, 11) is 0. The summed E-state index contributed by atoms with van der Waals surface area (Å²) < 4.78 is 2.19. The van der Waals surface area contributed by atoms with E-state index < -0.39 is 0 Å². The number of hydrogen-bond donors (Lipinski definition) is 1. The molecule has 3 nitrogen and oxygen atoms in total. The van der Waals surface area contributed by atoms with Crippen molar-refractivity contribution in [2.75, 3.05) is 6.54 Å². The number of rotatable bonds is 6. The Hall–Kier alpha value is -0.830. The van der Waals surface area contributed by atoms with Crippen molar-refractivity contribution in [3.8, 4) is 0 Å². The van der Waals surface area contributed by atoms with Crippen molar-refractivity contribution in [2.24, 2.45) is 11.8 Å². The molecular weight excluding hydrogens is 222 g/mol. The Morgan fingerprint density at radius 2 is 2.11 bits per heavy atom. The van der Waals surface area contributed by atoms with Crippen molar-refractivity contribution in [3.63, 3.8) is 0 Å². The second-order valence-corrected chi connectivity index (χ2v) is 6.17. The summed E-state index contributed by atoms with van der Waals surface area (Å²) in [5.74, 6) is 1.83. The highest BCUT2D eigenvalue weighted by molar-refractivity contribution is 5.00. The molecule has 0 amide bonds. The first-order valence-electron chi connectivity index (χ1n) is 7.57. The minimum atomic E-state index is 0.670. The standard InChI is InChI=1S/C15H25N3/c1-12(13-6-7-13)10-16-11-14-8-9-18(17-14)15-4-2-3-5-15/h8-9,12-13,15-16H,2-7,10-11H2,1H3. The number of nitrogens with zero attached hydrogens (tertiary/aromatic N) is 2. The Kier molecular flexibility index (Phi) is 3.69. The Balaban J connectivity index is 1.44. The van der Waals surface area contributed by atoms with Gasteiger partial charge in [-0.2, -0.15) is 5.10 Å². The van der Waals surface area contributed by atoms with Crippen molar-refractivity contribution >= 4 is 0 Å². The molecule has 2 fully saturated rings. The Morgan fingerprint density at radius 1 is 1.33 bits per heavy atom. The third kappa shape index (κ3) is 2.94. The van der Waals surface area contributed by atoms with Crippen molar-refractivity contribution in [2.45, 2.75) is 58.0 Å². The molecule has 0 radical (unpaired) electrons. The predicted molar refractivity (Wildman–Crippen MR) is 73.3 cm³/mol.